The van der Waals surface area contributed by atoms with Crippen LogP contribution in [0.2, 0.25) is 0 Å². The third-order valence-corrected chi connectivity index (χ3v) is 7.31. The predicted molar refractivity (Wildman–Crippen MR) is 151 cm³/mol. The van der Waals surface area contributed by atoms with Crippen LogP contribution in [0.1, 0.15) is 16.0 Å². The number of carbonyl (C=O) groups is 2. The number of nitrogens with zero attached hydrogens (tertiary/aromatic N) is 4. The van der Waals surface area contributed by atoms with E-state index >= 15 is 0 Å². The van der Waals surface area contributed by atoms with Crippen LogP contribution in [0.5, 0.6) is 0 Å². The summed E-state index contributed by atoms with van der Waals surface area (Å²) >= 11 is 1.60. The molecule has 10 heteroatoms. The molecule has 0 atom stereocenters. The number of hydrogen-bond donors (Lipinski definition) is 0. The van der Waals surface area contributed by atoms with Gasteiger partial charge in [0.15, 0.2) is 0 Å². The number of ether oxygens (including phenoxy) is 1. The molecule has 3 aromatic rings. The number of carbonyl (C=O) groups excluding carboxylic acids is 2. The number of rotatable bonds is 12. The summed E-state index contributed by atoms with van der Waals surface area (Å²) < 4.78 is 5.43. The van der Waals surface area contributed by atoms with Crippen molar-refractivity contribution in [3.8, 4) is 0 Å². The van der Waals surface area contributed by atoms with Crippen molar-refractivity contribution in [2.24, 2.45) is 0 Å². The van der Waals surface area contributed by atoms with Gasteiger partial charge in [0.05, 0.1) is 24.7 Å². The van der Waals surface area contributed by atoms with Crippen molar-refractivity contribution in [1.82, 2.24) is 14.7 Å². The second-order valence-corrected chi connectivity index (χ2v) is 10.2. The lowest BCUT2D eigenvalue weighted by atomic mass is 10.2. The molecule has 0 aliphatic carbocycles. The zero-order chi connectivity index (χ0) is 27.5. The van der Waals surface area contributed by atoms with Crippen molar-refractivity contribution in [3.05, 3.63) is 104 Å². The minimum absolute atomic E-state index is 0.0135. The predicted octanol–water partition coefficient (Wildman–Crippen LogP) is 4.06. The van der Waals surface area contributed by atoms with Crippen LogP contribution in [0.3, 0.4) is 0 Å². The van der Waals surface area contributed by atoms with Gasteiger partial charge >= 0.3 is 0 Å². The van der Waals surface area contributed by atoms with Crippen LogP contribution in [-0.2, 0) is 27.4 Å². The summed E-state index contributed by atoms with van der Waals surface area (Å²) in [6, 6.07) is 19.8. The Morgan fingerprint density at radius 1 is 0.974 bits per heavy atom. The number of nitro benzene ring substituents is 1. The Morgan fingerprint density at radius 2 is 1.72 bits per heavy atom. The van der Waals surface area contributed by atoms with E-state index in [0.29, 0.717) is 45.0 Å². The number of hydrogen-bond acceptors (Lipinski definition) is 7. The molecule has 204 valence electrons. The minimum Gasteiger partial charge on any atom is -0.379 e. The van der Waals surface area contributed by atoms with Crippen LogP contribution in [0.25, 0.3) is 6.08 Å². The Balaban J connectivity index is 1.48. The Morgan fingerprint density at radius 3 is 2.38 bits per heavy atom. The highest BCUT2D eigenvalue weighted by atomic mass is 32.1. The van der Waals surface area contributed by atoms with E-state index in [1.165, 1.54) is 18.2 Å². The van der Waals surface area contributed by atoms with Gasteiger partial charge in [-0.25, -0.2) is 0 Å². The second-order valence-electron chi connectivity index (χ2n) is 9.21. The number of thiophene rings is 1. The third-order valence-electron chi connectivity index (χ3n) is 6.45. The first-order chi connectivity index (χ1) is 19.0. The lowest BCUT2D eigenvalue weighted by Crippen LogP contribution is -2.46. The van der Waals surface area contributed by atoms with Crippen molar-refractivity contribution in [3.63, 3.8) is 0 Å². The normalized spacial score (nSPS) is 13.8. The molecule has 39 heavy (non-hydrogen) atoms. The van der Waals surface area contributed by atoms with Gasteiger partial charge in [0.25, 0.3) is 5.69 Å². The van der Waals surface area contributed by atoms with Gasteiger partial charge in [0.2, 0.25) is 11.8 Å². The molecular formula is C29H32N4O5S. The van der Waals surface area contributed by atoms with Crippen LogP contribution in [-0.4, -0.2) is 77.4 Å². The lowest BCUT2D eigenvalue weighted by molar-refractivity contribution is -0.384. The molecule has 0 saturated carbocycles. The quantitative estimate of drug-likeness (QED) is 0.192. The average Bonchev–Trinajstić information content (AvgIpc) is 3.48. The second kappa shape index (κ2) is 14.3. The monoisotopic (exact) mass is 548 g/mol. The van der Waals surface area contributed by atoms with Gasteiger partial charge in [-0.3, -0.25) is 24.6 Å². The summed E-state index contributed by atoms with van der Waals surface area (Å²) in [5, 5.41) is 12.9. The molecule has 1 saturated heterocycles. The summed E-state index contributed by atoms with van der Waals surface area (Å²) in [5.74, 6) is -0.419. The van der Waals surface area contributed by atoms with E-state index < -0.39 is 4.92 Å². The maximum Gasteiger partial charge on any atom is 0.269 e. The van der Waals surface area contributed by atoms with Gasteiger partial charge in [-0.05, 0) is 40.8 Å². The molecule has 9 nitrogen and oxygen atoms in total. The Bertz CT molecular complexity index is 1240. The molecule has 1 aliphatic heterocycles. The Hall–Kier alpha value is -3.86. The van der Waals surface area contributed by atoms with Crippen molar-refractivity contribution >= 4 is 34.9 Å². The van der Waals surface area contributed by atoms with Crippen molar-refractivity contribution < 1.29 is 19.2 Å². The first-order valence-electron chi connectivity index (χ1n) is 12.8. The molecular weight excluding hydrogens is 516 g/mol. The van der Waals surface area contributed by atoms with E-state index in [1.807, 2.05) is 47.8 Å². The largest absolute Gasteiger partial charge is 0.379 e. The molecule has 2 heterocycles. The summed E-state index contributed by atoms with van der Waals surface area (Å²) in [4.78, 5) is 44.1. The smallest absolute Gasteiger partial charge is 0.269 e. The Labute approximate surface area is 232 Å². The van der Waals surface area contributed by atoms with Gasteiger partial charge < -0.3 is 14.5 Å². The van der Waals surface area contributed by atoms with Crippen molar-refractivity contribution in [2.75, 3.05) is 45.9 Å². The van der Waals surface area contributed by atoms with Crippen LogP contribution < -0.4 is 0 Å². The van der Waals surface area contributed by atoms with Crippen LogP contribution in [0, 0.1) is 10.1 Å². The maximum absolute atomic E-state index is 13.6. The van der Waals surface area contributed by atoms with Gasteiger partial charge in [-0.2, -0.15) is 0 Å². The fraction of sp³-hybridized carbons (Fsp3) is 0.310. The highest BCUT2D eigenvalue weighted by Crippen LogP contribution is 2.16. The van der Waals surface area contributed by atoms with E-state index in [-0.39, 0.29) is 24.0 Å². The van der Waals surface area contributed by atoms with Gasteiger partial charge in [0.1, 0.15) is 6.54 Å². The zero-order valence-corrected chi connectivity index (χ0v) is 22.5. The molecule has 2 aromatic carbocycles. The summed E-state index contributed by atoms with van der Waals surface area (Å²) in [6.07, 6.45) is 3.04. The number of amides is 2. The molecule has 0 bridgehead atoms. The lowest BCUT2D eigenvalue weighted by Gasteiger charge is -2.31. The van der Waals surface area contributed by atoms with Crippen LogP contribution in [0.4, 0.5) is 5.69 Å². The van der Waals surface area contributed by atoms with Crippen LogP contribution in [0.15, 0.2) is 78.2 Å². The fourth-order valence-corrected chi connectivity index (χ4v) is 4.94. The highest BCUT2D eigenvalue weighted by molar-refractivity contribution is 7.09. The highest BCUT2D eigenvalue weighted by Gasteiger charge is 2.22. The van der Waals surface area contributed by atoms with Crippen molar-refractivity contribution in [2.45, 2.75) is 13.1 Å². The topological polar surface area (TPSA) is 96.2 Å². The third kappa shape index (κ3) is 8.85. The zero-order valence-electron chi connectivity index (χ0n) is 21.7. The molecule has 1 aliphatic rings. The van der Waals surface area contributed by atoms with E-state index in [1.54, 1.807) is 39.3 Å². The van der Waals surface area contributed by atoms with E-state index in [0.717, 1.165) is 23.5 Å². The number of nitro groups is 1. The molecule has 0 N–H and O–H groups in total. The average molecular weight is 549 g/mol. The first kappa shape index (κ1) is 28.2. The number of non-ortho nitro benzene ring substituents is 1. The molecule has 0 radical (unpaired) electrons. The van der Waals surface area contributed by atoms with E-state index in [4.69, 9.17) is 4.74 Å². The first-order valence-corrected chi connectivity index (χ1v) is 13.7. The molecule has 4 rings (SSSR count). The van der Waals surface area contributed by atoms with Crippen molar-refractivity contribution in [1.29, 1.82) is 0 Å². The molecule has 1 fully saturated rings. The fourth-order valence-electron chi connectivity index (χ4n) is 4.22. The molecule has 0 unspecified atom stereocenters. The van der Waals surface area contributed by atoms with Gasteiger partial charge in [-0.15, -0.1) is 11.3 Å². The summed E-state index contributed by atoms with van der Waals surface area (Å²) in [7, 11) is 0. The van der Waals surface area contributed by atoms with E-state index in [9.17, 15) is 19.7 Å². The summed E-state index contributed by atoms with van der Waals surface area (Å²) in [5.41, 5.74) is 1.67. The number of benzene rings is 2. The van der Waals surface area contributed by atoms with Gasteiger partial charge in [0, 0.05) is 55.8 Å². The van der Waals surface area contributed by atoms with Gasteiger partial charge in [-0.1, -0.05) is 36.4 Å². The van der Waals surface area contributed by atoms with Crippen LogP contribution >= 0.6 is 11.3 Å². The SMILES string of the molecule is O=C(/C=C/c1ccc([N+](=O)[O-])cc1)N(CCN1CCOCC1)CC(=O)N(Cc1ccccc1)Cc1cccs1. The molecule has 2 amide bonds. The Kier molecular flexibility index (Phi) is 10.4. The summed E-state index contributed by atoms with van der Waals surface area (Å²) in [6.45, 7) is 4.77. The molecule has 1 aromatic heterocycles. The standard InChI is InChI=1S/C29H32N4O5S/c34-28(13-10-24-8-11-26(12-9-24)33(36)37)31(15-14-30-16-18-38-19-17-30)23-29(35)32(22-27-7-4-20-39-27)21-25-5-2-1-3-6-25/h1-13,20H,14-19,21-23H2/b13-10+. The minimum atomic E-state index is -0.463. The number of morpholine rings is 1. The molecule has 0 spiro atoms. The maximum atomic E-state index is 13.6. The van der Waals surface area contributed by atoms with E-state index in [2.05, 4.69) is 4.90 Å².